The number of halogens is 3. The molecular weight excluding hydrogens is 474 g/mol. The maximum absolute atomic E-state index is 13.9. The largest absolute Gasteiger partial charge is 0.485 e. The number of aromatic nitrogens is 4. The Hall–Kier alpha value is -3.91. The van der Waals surface area contributed by atoms with Crippen molar-refractivity contribution in [3.63, 3.8) is 0 Å². The maximum atomic E-state index is 13.9. The molecule has 0 saturated carbocycles. The van der Waals surface area contributed by atoms with Gasteiger partial charge in [-0.3, -0.25) is 19.3 Å². The quantitative estimate of drug-likeness (QED) is 0.336. The number of rotatable bonds is 6. The van der Waals surface area contributed by atoms with Crippen LogP contribution in [0.2, 0.25) is 5.02 Å². The Kier molecular flexibility index (Phi) is 6.75. The van der Waals surface area contributed by atoms with E-state index in [9.17, 15) is 13.6 Å². The molecule has 0 amide bonds. The zero-order chi connectivity index (χ0) is 25.3. The lowest BCUT2D eigenvalue weighted by Crippen LogP contribution is -2.23. The van der Waals surface area contributed by atoms with Crippen molar-refractivity contribution in [3.8, 4) is 22.8 Å². The summed E-state index contributed by atoms with van der Waals surface area (Å²) in [5.41, 5.74) is 4.02. The molecule has 178 valence electrons. The fourth-order valence-electron chi connectivity index (χ4n) is 3.49. The van der Waals surface area contributed by atoms with E-state index in [1.54, 1.807) is 25.3 Å². The van der Waals surface area contributed by atoms with Gasteiger partial charge in [-0.15, -0.1) is 0 Å². The molecule has 4 aromatic rings. The van der Waals surface area contributed by atoms with Crippen molar-refractivity contribution in [3.05, 3.63) is 105 Å². The molecule has 0 bridgehead atoms. The van der Waals surface area contributed by atoms with Crippen molar-refractivity contribution in [2.45, 2.75) is 27.4 Å². The van der Waals surface area contributed by atoms with Crippen LogP contribution in [0.1, 0.15) is 29.6 Å². The summed E-state index contributed by atoms with van der Waals surface area (Å²) >= 11 is 6.35. The number of aryl methyl sites for hydroxylation is 2. The zero-order valence-corrected chi connectivity index (χ0v) is 20.0. The van der Waals surface area contributed by atoms with Gasteiger partial charge in [0.05, 0.1) is 29.0 Å². The minimum atomic E-state index is -0.851. The van der Waals surface area contributed by atoms with E-state index in [1.807, 2.05) is 32.0 Å². The van der Waals surface area contributed by atoms with Crippen LogP contribution in [0.3, 0.4) is 0 Å². The van der Waals surface area contributed by atoms with Crippen LogP contribution in [0, 0.1) is 25.5 Å². The molecule has 0 aliphatic rings. The number of nitrogens with zero attached hydrogens (tertiary/aromatic N) is 4. The van der Waals surface area contributed by atoms with Crippen LogP contribution < -0.4 is 10.3 Å². The highest BCUT2D eigenvalue weighted by atomic mass is 35.5. The van der Waals surface area contributed by atoms with Gasteiger partial charge in [0, 0.05) is 24.0 Å². The second-order valence-corrected chi connectivity index (χ2v) is 8.40. The summed E-state index contributed by atoms with van der Waals surface area (Å²) in [6, 6.07) is 9.61. The van der Waals surface area contributed by atoms with E-state index in [-0.39, 0.29) is 23.1 Å². The van der Waals surface area contributed by atoms with Gasteiger partial charge in [-0.25, -0.2) is 13.8 Å². The molecule has 0 aromatic carbocycles. The van der Waals surface area contributed by atoms with E-state index in [4.69, 9.17) is 16.3 Å². The summed E-state index contributed by atoms with van der Waals surface area (Å²) in [5, 5.41) is -0.182. The van der Waals surface area contributed by atoms with Gasteiger partial charge in [-0.1, -0.05) is 24.2 Å². The van der Waals surface area contributed by atoms with Crippen molar-refractivity contribution in [2.75, 3.05) is 0 Å². The molecule has 0 saturated heterocycles. The summed E-state index contributed by atoms with van der Waals surface area (Å²) in [6.45, 7) is 9.03. The molecule has 35 heavy (non-hydrogen) atoms. The van der Waals surface area contributed by atoms with E-state index >= 15 is 0 Å². The van der Waals surface area contributed by atoms with Gasteiger partial charge in [-0.05, 0) is 50.1 Å². The van der Waals surface area contributed by atoms with Crippen molar-refractivity contribution in [1.82, 2.24) is 19.5 Å². The summed E-state index contributed by atoms with van der Waals surface area (Å²) in [4.78, 5) is 26.0. The molecule has 4 aromatic heterocycles. The van der Waals surface area contributed by atoms with Gasteiger partial charge in [0.15, 0.2) is 5.82 Å². The molecule has 0 spiro atoms. The molecule has 9 heteroatoms. The Morgan fingerprint density at radius 1 is 1.11 bits per heavy atom. The Morgan fingerprint density at radius 3 is 2.60 bits per heavy atom. The summed E-state index contributed by atoms with van der Waals surface area (Å²) < 4.78 is 34.0. The van der Waals surface area contributed by atoms with Gasteiger partial charge < -0.3 is 4.74 Å². The average molecular weight is 495 g/mol. The van der Waals surface area contributed by atoms with Crippen molar-refractivity contribution in [1.29, 1.82) is 0 Å². The summed E-state index contributed by atoms with van der Waals surface area (Å²) in [7, 11) is 0. The first-order chi connectivity index (χ1) is 16.7. The molecule has 0 aliphatic heterocycles. The fourth-order valence-corrected chi connectivity index (χ4v) is 3.68. The first-order valence-electron chi connectivity index (χ1n) is 10.6. The minimum absolute atomic E-state index is 0.0682. The van der Waals surface area contributed by atoms with Crippen LogP contribution in [0.4, 0.5) is 8.78 Å². The summed E-state index contributed by atoms with van der Waals surface area (Å²) in [5.74, 6) is -1.58. The lowest BCUT2D eigenvalue weighted by molar-refractivity contribution is 0.292. The van der Waals surface area contributed by atoms with Crippen LogP contribution >= 0.6 is 11.6 Å². The second kappa shape index (κ2) is 9.76. The van der Waals surface area contributed by atoms with Gasteiger partial charge in [0.25, 0.3) is 5.56 Å². The van der Waals surface area contributed by atoms with Crippen molar-refractivity contribution in [2.24, 2.45) is 0 Å². The predicted molar refractivity (Wildman–Crippen MR) is 131 cm³/mol. The first kappa shape index (κ1) is 24.2. The molecular formula is C26H21ClF2N4O2. The molecule has 6 nitrogen and oxygen atoms in total. The van der Waals surface area contributed by atoms with Gasteiger partial charge >= 0.3 is 0 Å². The lowest BCUT2D eigenvalue weighted by Gasteiger charge is -2.17. The van der Waals surface area contributed by atoms with E-state index < -0.39 is 17.2 Å². The van der Waals surface area contributed by atoms with Crippen molar-refractivity contribution >= 4 is 17.2 Å². The molecule has 0 N–H and O–H groups in total. The van der Waals surface area contributed by atoms with Crippen LogP contribution in [0.25, 0.3) is 22.6 Å². The van der Waals surface area contributed by atoms with Gasteiger partial charge in [0.2, 0.25) is 0 Å². The van der Waals surface area contributed by atoms with E-state index in [0.29, 0.717) is 28.8 Å². The van der Waals surface area contributed by atoms with Crippen LogP contribution in [0.5, 0.6) is 5.75 Å². The Bertz CT molecular complexity index is 1520. The third-order valence-electron chi connectivity index (χ3n) is 5.31. The van der Waals surface area contributed by atoms with Crippen LogP contribution in [-0.4, -0.2) is 19.5 Å². The van der Waals surface area contributed by atoms with E-state index in [2.05, 4.69) is 21.5 Å². The topological polar surface area (TPSA) is 69.9 Å². The Labute approximate surface area is 205 Å². The second-order valence-electron chi connectivity index (χ2n) is 8.02. The normalized spacial score (nSPS) is 10.9. The number of ether oxygens (including phenoxy) is 1. The standard InChI is InChI=1S/C26H21ClF2N4O2/c1-14(2)19-6-5-7-20(32-19)21-10-23(15(3)11-30-21)33-16(4)8-24(25(27)26(33)34)35-13-22-18(29)9-17(28)12-31-22/h5-12H,1,13H2,2-4H3. The highest BCUT2D eigenvalue weighted by Crippen LogP contribution is 2.27. The molecule has 4 rings (SSSR count). The monoisotopic (exact) mass is 494 g/mol. The zero-order valence-electron chi connectivity index (χ0n) is 19.3. The minimum Gasteiger partial charge on any atom is -0.485 e. The SMILES string of the molecule is C=C(C)c1cccc(-c2cc(-n3c(C)cc(OCc4ncc(F)cc4F)c(Cl)c3=O)c(C)cn2)n1. The maximum Gasteiger partial charge on any atom is 0.277 e. The van der Waals surface area contributed by atoms with E-state index in [1.165, 1.54) is 4.57 Å². The number of hydrogen-bond acceptors (Lipinski definition) is 5. The highest BCUT2D eigenvalue weighted by Gasteiger charge is 2.17. The predicted octanol–water partition coefficient (Wildman–Crippen LogP) is 5.85. The molecule has 0 aliphatic carbocycles. The lowest BCUT2D eigenvalue weighted by atomic mass is 10.1. The Balaban J connectivity index is 1.72. The summed E-state index contributed by atoms with van der Waals surface area (Å²) in [6.07, 6.45) is 2.55. The molecule has 0 fully saturated rings. The average Bonchev–Trinajstić information content (AvgIpc) is 2.82. The van der Waals surface area contributed by atoms with Gasteiger partial charge in [0.1, 0.15) is 28.9 Å². The van der Waals surface area contributed by atoms with Gasteiger partial charge in [-0.2, -0.15) is 0 Å². The fraction of sp³-hybridized carbons (Fsp3) is 0.154. The number of hydrogen-bond donors (Lipinski definition) is 0. The molecule has 4 heterocycles. The number of allylic oxidation sites excluding steroid dienone is 1. The van der Waals surface area contributed by atoms with E-state index in [0.717, 1.165) is 23.0 Å². The first-order valence-corrected chi connectivity index (χ1v) is 11.0. The number of pyridine rings is 4. The highest BCUT2D eigenvalue weighted by molar-refractivity contribution is 6.31. The molecule has 0 radical (unpaired) electrons. The van der Waals surface area contributed by atoms with Crippen molar-refractivity contribution < 1.29 is 13.5 Å². The van der Waals surface area contributed by atoms with Crippen LogP contribution in [0.15, 0.2) is 60.2 Å². The molecule has 0 atom stereocenters. The Morgan fingerprint density at radius 2 is 1.89 bits per heavy atom. The van der Waals surface area contributed by atoms with Crippen LogP contribution in [-0.2, 0) is 6.61 Å². The smallest absolute Gasteiger partial charge is 0.277 e. The third kappa shape index (κ3) is 4.97. The third-order valence-corrected chi connectivity index (χ3v) is 5.66. The molecule has 0 unspecified atom stereocenters.